The van der Waals surface area contributed by atoms with Crippen molar-refractivity contribution in [1.29, 1.82) is 0 Å². The summed E-state index contributed by atoms with van der Waals surface area (Å²) in [6, 6.07) is 7.48. The molecule has 1 aromatic carbocycles. The molecule has 1 fully saturated rings. The van der Waals surface area contributed by atoms with Crippen molar-refractivity contribution < 1.29 is 13.2 Å². The van der Waals surface area contributed by atoms with Crippen LogP contribution in [0.4, 0.5) is 13.2 Å². The van der Waals surface area contributed by atoms with Crippen molar-refractivity contribution in [2.24, 2.45) is 0 Å². The number of benzene rings is 1. The minimum Gasteiger partial charge on any atom is -0.147 e. The minimum absolute atomic E-state index is 0. The van der Waals surface area contributed by atoms with Gasteiger partial charge in [0.25, 0.3) is 0 Å². The molecule has 1 aliphatic carbocycles. The first kappa shape index (κ1) is 18.6. The average Bonchev–Trinajstić information content (AvgIpc) is 3.02. The molecule has 0 bridgehead atoms. The molecular formula is C18H23ClF3S+. The van der Waals surface area contributed by atoms with Gasteiger partial charge in [-0.2, -0.15) is 0 Å². The quantitative estimate of drug-likeness (QED) is 0.462. The molecule has 0 N–H and O–H groups in total. The fourth-order valence-corrected chi connectivity index (χ4v) is 5.58. The summed E-state index contributed by atoms with van der Waals surface area (Å²) in [5.41, 5.74) is -3.32. The first-order chi connectivity index (χ1) is 10.2. The number of rotatable bonds is 1. The van der Waals surface area contributed by atoms with Crippen LogP contribution in [0.5, 0.6) is 0 Å². The molecule has 0 radical (unpaired) electrons. The second-order valence-corrected chi connectivity index (χ2v) is 9.27. The molecule has 1 unspecified atom stereocenters. The first-order valence-corrected chi connectivity index (χ1v) is 9.07. The number of halogens is 4. The van der Waals surface area contributed by atoms with Gasteiger partial charge >= 0.3 is 5.51 Å². The summed E-state index contributed by atoms with van der Waals surface area (Å²) in [7, 11) is -1.73. The molecule has 3 rings (SSSR count). The maximum absolute atomic E-state index is 13.7. The highest BCUT2D eigenvalue weighted by atomic mass is 35.5. The molecule has 23 heavy (non-hydrogen) atoms. The van der Waals surface area contributed by atoms with Crippen LogP contribution in [0.15, 0.2) is 24.3 Å². The van der Waals surface area contributed by atoms with E-state index in [2.05, 4.69) is 0 Å². The van der Waals surface area contributed by atoms with Crippen molar-refractivity contribution in [2.75, 3.05) is 0 Å². The largest absolute Gasteiger partial charge is 0.600 e. The van der Waals surface area contributed by atoms with Crippen LogP contribution in [0, 0.1) is 0 Å². The lowest BCUT2D eigenvalue weighted by Gasteiger charge is -2.18. The van der Waals surface area contributed by atoms with Gasteiger partial charge in [0.05, 0.1) is 10.5 Å². The van der Waals surface area contributed by atoms with E-state index in [1.807, 2.05) is 39.0 Å². The Kier molecular flexibility index (Phi) is 5.08. The van der Waals surface area contributed by atoms with E-state index >= 15 is 0 Å². The summed E-state index contributed by atoms with van der Waals surface area (Å²) in [5.74, 6) is 0.121. The zero-order valence-electron chi connectivity index (χ0n) is 13.7. The number of thiophene rings is 1. The zero-order chi connectivity index (χ0) is 16.1. The highest BCUT2D eigenvalue weighted by Crippen LogP contribution is 2.55. The third kappa shape index (κ3) is 3.53. The Hall–Kier alpha value is -0.740. The number of hydrogen-bond donors (Lipinski definition) is 0. The summed E-state index contributed by atoms with van der Waals surface area (Å²) >= 11 is 0. The third-order valence-electron chi connectivity index (χ3n) is 4.62. The smallest absolute Gasteiger partial charge is 0.147 e. The van der Waals surface area contributed by atoms with Gasteiger partial charge in [-0.1, -0.05) is 39.7 Å². The van der Waals surface area contributed by atoms with Gasteiger partial charge in [-0.15, -0.1) is 25.6 Å². The van der Waals surface area contributed by atoms with Crippen LogP contribution in [-0.4, -0.2) is 0 Å². The Morgan fingerprint density at radius 1 is 1.00 bits per heavy atom. The molecule has 1 saturated carbocycles. The van der Waals surface area contributed by atoms with Crippen molar-refractivity contribution >= 4 is 33.0 Å². The SMILES string of the molecule is CC(C)(C)c1ccc2cc(C3CCCC3)[s+](C(F)(F)F)c2c1.Cl. The van der Waals surface area contributed by atoms with Crippen LogP contribution >= 0.6 is 22.9 Å². The van der Waals surface area contributed by atoms with Gasteiger partial charge in [0, 0.05) is 23.4 Å². The molecule has 1 heterocycles. The van der Waals surface area contributed by atoms with E-state index in [4.69, 9.17) is 0 Å². The van der Waals surface area contributed by atoms with E-state index < -0.39 is 16.0 Å². The Labute approximate surface area is 144 Å². The van der Waals surface area contributed by atoms with E-state index in [1.165, 1.54) is 0 Å². The molecule has 0 nitrogen and oxygen atoms in total. The molecule has 0 spiro atoms. The molecular weight excluding hydrogens is 341 g/mol. The Morgan fingerprint density at radius 3 is 2.13 bits per heavy atom. The average molecular weight is 364 g/mol. The fraction of sp³-hybridized carbons (Fsp3) is 0.556. The lowest BCUT2D eigenvalue weighted by Crippen LogP contribution is -2.10. The van der Waals surface area contributed by atoms with Crippen LogP contribution in [0.25, 0.3) is 10.1 Å². The maximum Gasteiger partial charge on any atom is 0.600 e. The molecule has 0 amide bonds. The number of alkyl halides is 3. The van der Waals surface area contributed by atoms with Gasteiger partial charge in [0.1, 0.15) is 0 Å². The Balaban J connectivity index is 0.00000192. The standard InChI is InChI=1S/C18H22F3S.ClH/c1-17(2,3)14-9-8-13-10-15(12-6-4-5-7-12)22(16(13)11-14)18(19,20)21;/h8-12H,4-7H2,1-3H3;1H/q+1;. The highest BCUT2D eigenvalue weighted by molar-refractivity contribution is 7.38. The van der Waals surface area contributed by atoms with E-state index in [1.54, 1.807) is 6.07 Å². The first-order valence-electron chi connectivity index (χ1n) is 7.85. The van der Waals surface area contributed by atoms with Gasteiger partial charge in [-0.25, -0.2) is 0 Å². The van der Waals surface area contributed by atoms with Gasteiger partial charge in [0.2, 0.25) is 0 Å². The second-order valence-electron chi connectivity index (χ2n) is 7.28. The monoisotopic (exact) mass is 363 g/mol. The van der Waals surface area contributed by atoms with Crippen LogP contribution in [0.3, 0.4) is 0 Å². The van der Waals surface area contributed by atoms with E-state index in [0.717, 1.165) is 36.6 Å². The van der Waals surface area contributed by atoms with Crippen LogP contribution in [-0.2, 0) is 10.9 Å². The van der Waals surface area contributed by atoms with Gasteiger partial charge < -0.3 is 0 Å². The summed E-state index contributed by atoms with van der Waals surface area (Å²) in [6.07, 6.45) is 3.93. The van der Waals surface area contributed by atoms with Crippen molar-refractivity contribution in [3.63, 3.8) is 0 Å². The molecule has 1 atom stereocenters. The molecule has 128 valence electrons. The molecule has 1 aliphatic rings. The predicted octanol–water partition coefficient (Wildman–Crippen LogP) is 7.44. The third-order valence-corrected chi connectivity index (χ3v) is 6.80. The summed E-state index contributed by atoms with van der Waals surface area (Å²) in [4.78, 5) is 0.631. The molecule has 1 aromatic heterocycles. The molecule has 0 aliphatic heterocycles. The van der Waals surface area contributed by atoms with Crippen molar-refractivity contribution in [2.45, 2.75) is 63.3 Å². The van der Waals surface area contributed by atoms with Crippen molar-refractivity contribution in [3.8, 4) is 0 Å². The molecule has 0 saturated heterocycles. The Bertz CT molecular complexity index is 689. The van der Waals surface area contributed by atoms with E-state index in [9.17, 15) is 13.2 Å². The summed E-state index contributed by atoms with van der Waals surface area (Å²) in [6.45, 7) is 6.13. The molecule has 2 aromatic rings. The van der Waals surface area contributed by atoms with Gasteiger partial charge in [0.15, 0.2) is 9.58 Å². The zero-order valence-corrected chi connectivity index (χ0v) is 15.3. The number of fused-ring (bicyclic) bond motifs is 1. The van der Waals surface area contributed by atoms with Crippen LogP contribution in [0.1, 0.15) is 62.8 Å². The summed E-state index contributed by atoms with van der Waals surface area (Å²) in [5, 5.41) is 0.774. The predicted molar refractivity (Wildman–Crippen MR) is 94.9 cm³/mol. The Morgan fingerprint density at radius 2 is 1.61 bits per heavy atom. The van der Waals surface area contributed by atoms with Crippen molar-refractivity contribution in [3.05, 3.63) is 34.7 Å². The maximum atomic E-state index is 13.7. The lowest BCUT2D eigenvalue weighted by molar-refractivity contribution is -0.0868. The summed E-state index contributed by atoms with van der Waals surface area (Å²) < 4.78 is 41.7. The second kappa shape index (κ2) is 6.29. The number of hydrogen-bond acceptors (Lipinski definition) is 0. The van der Waals surface area contributed by atoms with Gasteiger partial charge in [-0.3, -0.25) is 0 Å². The lowest BCUT2D eigenvalue weighted by atomic mass is 9.87. The van der Waals surface area contributed by atoms with Crippen LogP contribution < -0.4 is 0 Å². The van der Waals surface area contributed by atoms with E-state index in [0.29, 0.717) is 9.58 Å². The molecule has 5 heteroatoms. The highest BCUT2D eigenvalue weighted by Gasteiger charge is 2.49. The van der Waals surface area contributed by atoms with Gasteiger partial charge in [-0.05, 0) is 29.9 Å². The topological polar surface area (TPSA) is 0 Å². The van der Waals surface area contributed by atoms with E-state index in [-0.39, 0.29) is 23.7 Å². The van der Waals surface area contributed by atoms with Crippen LogP contribution in [0.2, 0.25) is 0 Å². The van der Waals surface area contributed by atoms with Crippen molar-refractivity contribution in [1.82, 2.24) is 0 Å². The normalized spacial score (nSPS) is 17.6. The minimum atomic E-state index is -4.17. The fourth-order valence-electron chi connectivity index (χ4n) is 3.39.